The van der Waals surface area contributed by atoms with Crippen molar-refractivity contribution in [2.75, 3.05) is 25.5 Å². The zero-order valence-corrected chi connectivity index (χ0v) is 10.9. The maximum atomic E-state index is 11.7. The van der Waals surface area contributed by atoms with Gasteiger partial charge in [-0.15, -0.1) is 0 Å². The first-order valence-corrected chi connectivity index (χ1v) is 5.55. The Kier molecular flexibility index (Phi) is 4.49. The molecule has 0 aliphatic rings. The standard InChI is InChI=1S/C11H14BrN3O/c1-8(12)7-14-11(16)9-4-5-13-10(6-9)15(2)3/h4-6H,1,7H2,2-3H3,(H,14,16). The van der Waals surface area contributed by atoms with Crippen LogP contribution in [0, 0.1) is 0 Å². The van der Waals surface area contributed by atoms with Crippen molar-refractivity contribution in [3.05, 3.63) is 35.0 Å². The maximum absolute atomic E-state index is 11.7. The van der Waals surface area contributed by atoms with Gasteiger partial charge in [-0.1, -0.05) is 22.5 Å². The van der Waals surface area contributed by atoms with Crippen LogP contribution < -0.4 is 10.2 Å². The van der Waals surface area contributed by atoms with Crippen molar-refractivity contribution in [3.8, 4) is 0 Å². The highest BCUT2D eigenvalue weighted by Gasteiger charge is 2.07. The predicted octanol–water partition coefficient (Wildman–Crippen LogP) is 1.79. The van der Waals surface area contributed by atoms with Crippen molar-refractivity contribution in [1.82, 2.24) is 10.3 Å². The summed E-state index contributed by atoms with van der Waals surface area (Å²) in [5, 5.41) is 2.73. The summed E-state index contributed by atoms with van der Waals surface area (Å²) < 4.78 is 0.739. The third-order valence-corrected chi connectivity index (χ3v) is 2.19. The third-order valence-electron chi connectivity index (χ3n) is 1.91. The van der Waals surface area contributed by atoms with E-state index in [1.54, 1.807) is 18.3 Å². The van der Waals surface area contributed by atoms with Gasteiger partial charge in [-0.2, -0.15) is 0 Å². The molecule has 0 unspecified atom stereocenters. The second-order valence-electron chi connectivity index (χ2n) is 3.50. The molecule has 1 aromatic heterocycles. The Balaban J connectivity index is 2.75. The van der Waals surface area contributed by atoms with Gasteiger partial charge in [0, 0.05) is 36.9 Å². The van der Waals surface area contributed by atoms with Crippen molar-refractivity contribution in [2.24, 2.45) is 0 Å². The van der Waals surface area contributed by atoms with Gasteiger partial charge in [0.05, 0.1) is 0 Å². The number of amides is 1. The smallest absolute Gasteiger partial charge is 0.251 e. The van der Waals surface area contributed by atoms with Crippen LogP contribution >= 0.6 is 15.9 Å². The number of hydrogen-bond acceptors (Lipinski definition) is 3. The second kappa shape index (κ2) is 5.65. The number of halogens is 1. The van der Waals surface area contributed by atoms with Gasteiger partial charge >= 0.3 is 0 Å². The van der Waals surface area contributed by atoms with E-state index in [1.165, 1.54) is 0 Å². The number of rotatable bonds is 4. The topological polar surface area (TPSA) is 45.2 Å². The lowest BCUT2D eigenvalue weighted by Gasteiger charge is -2.12. The van der Waals surface area contributed by atoms with E-state index in [9.17, 15) is 4.79 Å². The Morgan fingerprint density at radius 3 is 2.88 bits per heavy atom. The summed E-state index contributed by atoms with van der Waals surface area (Å²) in [6, 6.07) is 3.42. The minimum absolute atomic E-state index is 0.133. The fourth-order valence-electron chi connectivity index (χ4n) is 1.08. The Morgan fingerprint density at radius 2 is 2.31 bits per heavy atom. The number of aromatic nitrogens is 1. The number of carbonyl (C=O) groups is 1. The minimum atomic E-state index is -0.133. The summed E-state index contributed by atoms with van der Waals surface area (Å²) in [6.45, 7) is 4.06. The number of carbonyl (C=O) groups excluding carboxylic acids is 1. The molecule has 0 saturated heterocycles. The first-order chi connectivity index (χ1) is 7.50. The van der Waals surface area contributed by atoms with E-state index in [0.717, 1.165) is 10.3 Å². The molecule has 0 saturated carbocycles. The van der Waals surface area contributed by atoms with Crippen LogP contribution in [-0.4, -0.2) is 31.5 Å². The van der Waals surface area contributed by atoms with Crippen LogP contribution in [0.4, 0.5) is 5.82 Å². The third kappa shape index (κ3) is 3.66. The molecule has 5 heteroatoms. The SMILES string of the molecule is C=C(Br)CNC(=O)c1ccnc(N(C)C)c1. The van der Waals surface area contributed by atoms with Crippen LogP contribution in [0.5, 0.6) is 0 Å². The van der Waals surface area contributed by atoms with Gasteiger partial charge in [-0.05, 0) is 12.1 Å². The fourth-order valence-corrected chi connectivity index (χ4v) is 1.22. The highest BCUT2D eigenvalue weighted by atomic mass is 79.9. The largest absolute Gasteiger partial charge is 0.363 e. The molecular formula is C11H14BrN3O. The molecule has 1 N–H and O–H groups in total. The average molecular weight is 284 g/mol. The van der Waals surface area contributed by atoms with Crippen LogP contribution in [0.25, 0.3) is 0 Å². The van der Waals surface area contributed by atoms with Gasteiger partial charge in [0.2, 0.25) is 0 Å². The van der Waals surface area contributed by atoms with E-state index in [4.69, 9.17) is 0 Å². The molecule has 4 nitrogen and oxygen atoms in total. The van der Waals surface area contributed by atoms with Gasteiger partial charge in [0.1, 0.15) is 5.82 Å². The van der Waals surface area contributed by atoms with Crippen LogP contribution in [0.3, 0.4) is 0 Å². The number of hydrogen-bond donors (Lipinski definition) is 1. The zero-order chi connectivity index (χ0) is 12.1. The summed E-state index contributed by atoms with van der Waals surface area (Å²) in [7, 11) is 3.76. The Morgan fingerprint density at radius 1 is 1.62 bits per heavy atom. The van der Waals surface area contributed by atoms with Gasteiger partial charge < -0.3 is 10.2 Å². The highest BCUT2D eigenvalue weighted by Crippen LogP contribution is 2.09. The summed E-state index contributed by atoms with van der Waals surface area (Å²) in [5.74, 6) is 0.622. The van der Waals surface area contributed by atoms with Gasteiger partial charge in [-0.3, -0.25) is 4.79 Å². The lowest BCUT2D eigenvalue weighted by Crippen LogP contribution is -2.24. The number of pyridine rings is 1. The van der Waals surface area contributed by atoms with Crippen molar-refractivity contribution < 1.29 is 4.79 Å². The number of nitrogens with one attached hydrogen (secondary N) is 1. The molecule has 0 bridgehead atoms. The van der Waals surface area contributed by atoms with Crippen molar-refractivity contribution in [1.29, 1.82) is 0 Å². The van der Waals surface area contributed by atoms with E-state index in [-0.39, 0.29) is 5.91 Å². The van der Waals surface area contributed by atoms with E-state index < -0.39 is 0 Å². The summed E-state index contributed by atoms with van der Waals surface area (Å²) >= 11 is 3.18. The van der Waals surface area contributed by atoms with Gasteiger partial charge in [0.15, 0.2) is 0 Å². The monoisotopic (exact) mass is 283 g/mol. The summed E-state index contributed by atoms with van der Waals surface area (Å²) in [5.41, 5.74) is 0.590. The second-order valence-corrected chi connectivity index (χ2v) is 4.62. The lowest BCUT2D eigenvalue weighted by molar-refractivity contribution is 0.0957. The molecular weight excluding hydrogens is 270 g/mol. The molecule has 16 heavy (non-hydrogen) atoms. The Labute approximate surface area is 103 Å². The Bertz CT molecular complexity index is 404. The first-order valence-electron chi connectivity index (χ1n) is 4.75. The molecule has 86 valence electrons. The van der Waals surface area contributed by atoms with E-state index in [0.29, 0.717) is 12.1 Å². The zero-order valence-electron chi connectivity index (χ0n) is 9.33. The van der Waals surface area contributed by atoms with E-state index in [1.807, 2.05) is 19.0 Å². The molecule has 1 aromatic rings. The predicted molar refractivity (Wildman–Crippen MR) is 69.0 cm³/mol. The molecule has 0 aliphatic carbocycles. The normalized spacial score (nSPS) is 9.69. The van der Waals surface area contributed by atoms with Crippen LogP contribution in [0.2, 0.25) is 0 Å². The molecule has 1 rings (SSSR count). The molecule has 0 radical (unpaired) electrons. The van der Waals surface area contributed by atoms with Crippen LogP contribution in [0.1, 0.15) is 10.4 Å². The highest BCUT2D eigenvalue weighted by molar-refractivity contribution is 9.11. The fraction of sp³-hybridized carbons (Fsp3) is 0.273. The van der Waals surface area contributed by atoms with Crippen molar-refractivity contribution in [3.63, 3.8) is 0 Å². The molecule has 0 atom stereocenters. The van der Waals surface area contributed by atoms with Crippen LogP contribution in [-0.2, 0) is 0 Å². The maximum Gasteiger partial charge on any atom is 0.251 e. The average Bonchev–Trinajstić information content (AvgIpc) is 2.26. The van der Waals surface area contributed by atoms with E-state index >= 15 is 0 Å². The molecule has 0 aromatic carbocycles. The summed E-state index contributed by atoms with van der Waals surface area (Å²) in [4.78, 5) is 17.7. The van der Waals surface area contributed by atoms with E-state index in [2.05, 4.69) is 32.8 Å². The minimum Gasteiger partial charge on any atom is -0.363 e. The molecule has 0 aliphatic heterocycles. The van der Waals surface area contributed by atoms with Gasteiger partial charge in [-0.25, -0.2) is 4.98 Å². The quantitative estimate of drug-likeness (QED) is 0.916. The molecule has 0 spiro atoms. The first kappa shape index (κ1) is 12.7. The van der Waals surface area contributed by atoms with Gasteiger partial charge in [0.25, 0.3) is 5.91 Å². The lowest BCUT2D eigenvalue weighted by atomic mass is 10.2. The molecule has 0 fully saturated rings. The molecule has 1 amide bonds. The number of nitrogens with zero attached hydrogens (tertiary/aromatic N) is 2. The van der Waals surface area contributed by atoms with Crippen LogP contribution in [0.15, 0.2) is 29.4 Å². The number of anilines is 1. The van der Waals surface area contributed by atoms with Crippen molar-refractivity contribution >= 4 is 27.7 Å². The van der Waals surface area contributed by atoms with Crippen molar-refractivity contribution in [2.45, 2.75) is 0 Å². The Hall–Kier alpha value is -1.36. The molecule has 1 heterocycles. The summed E-state index contributed by atoms with van der Waals surface area (Å²) in [6.07, 6.45) is 1.62.